The smallest absolute Gasteiger partial charge is 0.0619 e. The number of aromatic nitrogens is 1. The molecule has 2 nitrogen and oxygen atoms in total. The highest BCUT2D eigenvalue weighted by Gasteiger charge is 2.24. The zero-order valence-corrected chi connectivity index (χ0v) is 35.1. The van der Waals surface area contributed by atoms with Crippen molar-refractivity contribution < 1.29 is 0 Å². The number of rotatable bonds is 6. The number of para-hydroxylation sites is 1. The van der Waals surface area contributed by atoms with Gasteiger partial charge in [-0.1, -0.05) is 158 Å². The zero-order valence-electron chi connectivity index (χ0n) is 33.5. The average molecular weight is 825 g/mol. The van der Waals surface area contributed by atoms with Crippen LogP contribution in [0.15, 0.2) is 218 Å². The molecular formula is C58H36N2S2. The van der Waals surface area contributed by atoms with E-state index >= 15 is 0 Å². The van der Waals surface area contributed by atoms with Crippen molar-refractivity contribution in [3.63, 3.8) is 0 Å². The molecule has 0 amide bonds. The second-order valence-electron chi connectivity index (χ2n) is 16.0. The van der Waals surface area contributed by atoms with Gasteiger partial charge in [-0.3, -0.25) is 0 Å². The van der Waals surface area contributed by atoms with E-state index in [-0.39, 0.29) is 0 Å². The second kappa shape index (κ2) is 14.0. The Hall–Kier alpha value is -7.50. The number of nitrogens with zero attached hydrogens (tertiary/aromatic N) is 2. The van der Waals surface area contributed by atoms with Gasteiger partial charge in [-0.15, -0.1) is 22.7 Å². The quantitative estimate of drug-likeness (QED) is 0.162. The molecule has 0 aliphatic heterocycles. The summed E-state index contributed by atoms with van der Waals surface area (Å²) in [6.07, 6.45) is 0. The van der Waals surface area contributed by atoms with Crippen molar-refractivity contribution in [1.82, 2.24) is 4.57 Å². The van der Waals surface area contributed by atoms with Crippen LogP contribution in [-0.2, 0) is 0 Å². The molecule has 0 saturated heterocycles. The van der Waals surface area contributed by atoms with Crippen LogP contribution in [0.2, 0.25) is 0 Å². The molecule has 0 saturated carbocycles. The molecule has 0 radical (unpaired) electrons. The molecule has 0 aliphatic carbocycles. The predicted molar refractivity (Wildman–Crippen MR) is 270 cm³/mol. The first-order chi connectivity index (χ1) is 30.8. The fourth-order valence-electron chi connectivity index (χ4n) is 9.80. The van der Waals surface area contributed by atoms with E-state index in [1.54, 1.807) is 0 Å². The monoisotopic (exact) mass is 824 g/mol. The standard InChI is InChI=1S/C58H36N2S2/c1-3-14-38(15-4-1)44-34-35-50(56-48-21-10-12-24-53(48)62-58(44)56)59(49-22-13-25-54-55(49)47-20-9-11-23-52(47)61-54)42-30-26-37(27-31-42)40-29-32-45-46-33-28-39-16-7-8-19-43(39)57(46)60(51(45)36-40)41-17-5-2-6-18-41/h1-36H. The molecule has 3 aromatic heterocycles. The van der Waals surface area contributed by atoms with Gasteiger partial charge >= 0.3 is 0 Å². The van der Waals surface area contributed by atoms with E-state index in [1.807, 2.05) is 22.7 Å². The molecule has 0 unspecified atom stereocenters. The Morgan fingerprint density at radius 2 is 1.00 bits per heavy atom. The van der Waals surface area contributed by atoms with Gasteiger partial charge < -0.3 is 9.47 Å². The summed E-state index contributed by atoms with van der Waals surface area (Å²) in [6, 6.07) is 80.4. The lowest BCUT2D eigenvalue weighted by molar-refractivity contribution is 1.19. The maximum atomic E-state index is 2.52. The van der Waals surface area contributed by atoms with Crippen LogP contribution in [0.3, 0.4) is 0 Å². The molecule has 0 aliphatic rings. The fraction of sp³-hybridized carbons (Fsp3) is 0. The van der Waals surface area contributed by atoms with Crippen LogP contribution < -0.4 is 4.90 Å². The van der Waals surface area contributed by atoms with Gasteiger partial charge in [0.15, 0.2) is 0 Å². The molecule has 0 spiro atoms. The molecule has 0 bridgehead atoms. The molecule has 0 atom stereocenters. The minimum absolute atomic E-state index is 1.12. The van der Waals surface area contributed by atoms with E-state index in [0.29, 0.717) is 0 Å². The van der Waals surface area contributed by atoms with Crippen LogP contribution in [0.1, 0.15) is 0 Å². The van der Waals surface area contributed by atoms with Crippen molar-refractivity contribution in [3.05, 3.63) is 218 Å². The van der Waals surface area contributed by atoms with E-state index in [1.165, 1.54) is 107 Å². The second-order valence-corrected chi connectivity index (χ2v) is 18.2. The van der Waals surface area contributed by atoms with Crippen LogP contribution in [-0.4, -0.2) is 4.57 Å². The van der Waals surface area contributed by atoms with E-state index in [4.69, 9.17) is 0 Å². The molecule has 0 N–H and O–H groups in total. The Kier molecular flexibility index (Phi) is 7.99. The summed E-state index contributed by atoms with van der Waals surface area (Å²) in [7, 11) is 0. The van der Waals surface area contributed by atoms with Crippen LogP contribution in [0.25, 0.3) is 101 Å². The van der Waals surface area contributed by atoms with Crippen molar-refractivity contribution >= 4 is 113 Å². The van der Waals surface area contributed by atoms with E-state index in [0.717, 1.165) is 11.4 Å². The molecule has 62 heavy (non-hydrogen) atoms. The Balaban J connectivity index is 1.03. The van der Waals surface area contributed by atoms with Gasteiger partial charge in [-0.05, 0) is 88.3 Å². The first kappa shape index (κ1) is 35.3. The lowest BCUT2D eigenvalue weighted by Crippen LogP contribution is -2.11. The van der Waals surface area contributed by atoms with Gasteiger partial charge in [-0.2, -0.15) is 0 Å². The van der Waals surface area contributed by atoms with Gasteiger partial charge in [0, 0.05) is 67.9 Å². The van der Waals surface area contributed by atoms with Crippen LogP contribution in [0.5, 0.6) is 0 Å². The highest BCUT2D eigenvalue weighted by molar-refractivity contribution is 7.26. The molecule has 290 valence electrons. The topological polar surface area (TPSA) is 8.17 Å². The average Bonchev–Trinajstić information content (AvgIpc) is 4.03. The van der Waals surface area contributed by atoms with Gasteiger partial charge in [0.05, 0.1) is 22.4 Å². The maximum Gasteiger partial charge on any atom is 0.0619 e. The summed E-state index contributed by atoms with van der Waals surface area (Å²) in [6.45, 7) is 0. The first-order valence-corrected chi connectivity index (χ1v) is 22.7. The number of hydrogen-bond acceptors (Lipinski definition) is 3. The molecule has 10 aromatic carbocycles. The van der Waals surface area contributed by atoms with E-state index < -0.39 is 0 Å². The number of hydrogen-bond donors (Lipinski definition) is 0. The third kappa shape index (κ3) is 5.41. The Bertz CT molecular complexity index is 3860. The Morgan fingerprint density at radius 3 is 1.81 bits per heavy atom. The largest absolute Gasteiger partial charge is 0.309 e. The minimum atomic E-state index is 1.12. The SMILES string of the molecule is c1ccc(-c2ccc(N(c3ccc(-c4ccc5c6ccc7ccccc7c6n(-c6ccccc6)c5c4)cc3)c3cccc4sc5ccccc5c34)c3c2sc2ccccc23)cc1. The number of fused-ring (bicyclic) bond motifs is 11. The fourth-order valence-corrected chi connectivity index (χ4v) is 12.2. The van der Waals surface area contributed by atoms with E-state index in [9.17, 15) is 0 Å². The highest BCUT2D eigenvalue weighted by atomic mass is 32.1. The third-order valence-electron chi connectivity index (χ3n) is 12.6. The van der Waals surface area contributed by atoms with Crippen molar-refractivity contribution in [2.45, 2.75) is 0 Å². The zero-order chi connectivity index (χ0) is 40.7. The lowest BCUT2D eigenvalue weighted by atomic mass is 9.99. The minimum Gasteiger partial charge on any atom is -0.309 e. The van der Waals surface area contributed by atoms with Crippen LogP contribution >= 0.6 is 22.7 Å². The summed E-state index contributed by atoms with van der Waals surface area (Å²) in [4.78, 5) is 2.52. The summed E-state index contributed by atoms with van der Waals surface area (Å²) in [5.74, 6) is 0. The van der Waals surface area contributed by atoms with Crippen molar-refractivity contribution in [1.29, 1.82) is 0 Å². The van der Waals surface area contributed by atoms with E-state index in [2.05, 4.69) is 228 Å². The molecule has 3 heterocycles. The van der Waals surface area contributed by atoms with Crippen molar-refractivity contribution in [3.8, 4) is 27.9 Å². The number of benzene rings is 10. The molecule has 13 aromatic rings. The first-order valence-electron chi connectivity index (χ1n) is 21.1. The summed E-state index contributed by atoms with van der Waals surface area (Å²) >= 11 is 3.75. The van der Waals surface area contributed by atoms with Crippen LogP contribution in [0, 0.1) is 0 Å². The van der Waals surface area contributed by atoms with Crippen molar-refractivity contribution in [2.75, 3.05) is 4.90 Å². The highest BCUT2D eigenvalue weighted by Crippen LogP contribution is 2.51. The van der Waals surface area contributed by atoms with Crippen molar-refractivity contribution in [2.24, 2.45) is 0 Å². The third-order valence-corrected chi connectivity index (χ3v) is 14.9. The van der Waals surface area contributed by atoms with Gasteiger partial charge in [0.2, 0.25) is 0 Å². The van der Waals surface area contributed by atoms with Gasteiger partial charge in [0.1, 0.15) is 0 Å². The molecule has 13 rings (SSSR count). The van der Waals surface area contributed by atoms with Gasteiger partial charge in [0.25, 0.3) is 0 Å². The predicted octanol–water partition coefficient (Wildman–Crippen LogP) is 17.5. The number of thiophene rings is 2. The number of anilines is 3. The Morgan fingerprint density at radius 1 is 0.371 bits per heavy atom. The lowest BCUT2D eigenvalue weighted by Gasteiger charge is -2.28. The summed E-state index contributed by atoms with van der Waals surface area (Å²) in [5, 5.41) is 10.1. The molecule has 0 fully saturated rings. The summed E-state index contributed by atoms with van der Waals surface area (Å²) in [5.41, 5.74) is 11.9. The molecular weight excluding hydrogens is 789 g/mol. The van der Waals surface area contributed by atoms with Gasteiger partial charge in [-0.25, -0.2) is 0 Å². The maximum absolute atomic E-state index is 2.52. The normalized spacial score (nSPS) is 11.9. The molecule has 4 heteroatoms. The Labute approximate surface area is 366 Å². The van der Waals surface area contributed by atoms with Crippen LogP contribution in [0.4, 0.5) is 17.1 Å². The summed E-state index contributed by atoms with van der Waals surface area (Å²) < 4.78 is 7.62.